The molecule has 1 amide bonds. The number of amides is 1. The molecule has 278 valence electrons. The summed E-state index contributed by atoms with van der Waals surface area (Å²) in [7, 11) is 0. The van der Waals surface area contributed by atoms with Crippen LogP contribution in [0.25, 0.3) is 10.9 Å². The molecular formula is C40H64FN7O2. The predicted molar refractivity (Wildman–Crippen MR) is 210 cm³/mol. The van der Waals surface area contributed by atoms with Gasteiger partial charge >= 0.3 is 0 Å². The molecule has 9 nitrogen and oxygen atoms in total. The Balaban J connectivity index is 0.00000127. The molecule has 1 aromatic carbocycles. The number of benzene rings is 1. The van der Waals surface area contributed by atoms with Gasteiger partial charge in [-0.3, -0.25) is 4.79 Å². The maximum Gasteiger partial charge on any atom is 0.268 e. The quantitative estimate of drug-likeness (QED) is 0.0845. The third-order valence-corrected chi connectivity index (χ3v) is 7.55. The highest BCUT2D eigenvalue weighted by atomic mass is 19.1. The molecule has 0 saturated heterocycles. The van der Waals surface area contributed by atoms with E-state index in [-0.39, 0.29) is 11.7 Å². The summed E-state index contributed by atoms with van der Waals surface area (Å²) >= 11 is 0. The van der Waals surface area contributed by atoms with Crippen LogP contribution in [-0.4, -0.2) is 47.6 Å². The molecule has 1 atom stereocenters. The van der Waals surface area contributed by atoms with Gasteiger partial charge < -0.3 is 31.1 Å². The Kier molecular flexibility index (Phi) is 25.1. The Morgan fingerprint density at radius 3 is 2.46 bits per heavy atom. The number of hydrogen-bond acceptors (Lipinski definition) is 7. The topological polar surface area (TPSA) is 128 Å². The summed E-state index contributed by atoms with van der Waals surface area (Å²) in [5.74, 6) is 1.04. The fraction of sp³-hybridized carbons (Fsp3) is 0.500. The second-order valence-electron chi connectivity index (χ2n) is 11.3. The minimum absolute atomic E-state index is 0.136. The van der Waals surface area contributed by atoms with E-state index in [4.69, 9.17) is 10.1 Å². The van der Waals surface area contributed by atoms with Gasteiger partial charge in [0.15, 0.2) is 5.82 Å². The van der Waals surface area contributed by atoms with Gasteiger partial charge in [-0.05, 0) is 86.7 Å². The first-order valence-electron chi connectivity index (χ1n) is 18.2. The van der Waals surface area contributed by atoms with Crippen LogP contribution in [-0.2, 0) is 11.3 Å². The predicted octanol–water partition coefficient (Wildman–Crippen LogP) is 10.0. The third-order valence-electron chi connectivity index (χ3n) is 7.55. The Morgan fingerprint density at radius 2 is 1.82 bits per heavy atom. The smallest absolute Gasteiger partial charge is 0.268 e. The number of nitrogens with one attached hydrogen (secondary N) is 5. The molecular weight excluding hydrogens is 629 g/mol. The Morgan fingerprint density at radius 1 is 1.10 bits per heavy atom. The van der Waals surface area contributed by atoms with Crippen molar-refractivity contribution in [3.63, 3.8) is 0 Å². The molecule has 2 aromatic heterocycles. The van der Waals surface area contributed by atoms with Crippen molar-refractivity contribution >= 4 is 29.3 Å². The van der Waals surface area contributed by atoms with E-state index < -0.39 is 0 Å². The number of aryl methyl sites for hydroxylation is 1. The van der Waals surface area contributed by atoms with Gasteiger partial charge in [0.1, 0.15) is 11.5 Å². The Hall–Kier alpha value is -4.31. The zero-order valence-corrected chi connectivity index (χ0v) is 32.4. The van der Waals surface area contributed by atoms with Gasteiger partial charge in [0.2, 0.25) is 0 Å². The number of anilines is 1. The summed E-state index contributed by atoms with van der Waals surface area (Å²) in [5.41, 5.74) is 5.97. The summed E-state index contributed by atoms with van der Waals surface area (Å²) in [6.07, 6.45) is 12.9. The molecule has 5 N–H and O–H groups in total. The largest absolute Gasteiger partial charge is 0.384 e. The fourth-order valence-electron chi connectivity index (χ4n) is 4.71. The molecule has 0 fully saturated rings. The monoisotopic (exact) mass is 694 g/mol. The molecule has 3 aromatic rings. The number of fused-ring (bicyclic) bond motifs is 1. The van der Waals surface area contributed by atoms with Crippen molar-refractivity contribution in [2.45, 2.75) is 108 Å². The Labute approximate surface area is 301 Å². The summed E-state index contributed by atoms with van der Waals surface area (Å²) in [6, 6.07) is 6.59. The summed E-state index contributed by atoms with van der Waals surface area (Å²) in [4.78, 5) is 15.7. The molecule has 1 aliphatic rings. The van der Waals surface area contributed by atoms with Gasteiger partial charge in [-0.15, -0.1) is 5.10 Å². The van der Waals surface area contributed by atoms with Gasteiger partial charge in [-0.1, -0.05) is 80.0 Å². The van der Waals surface area contributed by atoms with Crippen LogP contribution >= 0.6 is 0 Å². The number of rotatable bonds is 14. The van der Waals surface area contributed by atoms with Gasteiger partial charge in [0, 0.05) is 49.5 Å². The Bertz CT molecular complexity index is 1480. The first kappa shape index (κ1) is 45.7. The molecule has 0 saturated carbocycles. The molecule has 0 spiro atoms. The van der Waals surface area contributed by atoms with Crippen LogP contribution in [0.15, 0.2) is 65.7 Å². The van der Waals surface area contributed by atoms with Gasteiger partial charge in [0.05, 0.1) is 11.7 Å². The van der Waals surface area contributed by atoms with Crippen LogP contribution in [0.4, 0.5) is 10.2 Å². The number of hydrogen-bond donors (Lipinski definition) is 5. The molecule has 0 aliphatic heterocycles. The van der Waals surface area contributed by atoms with E-state index in [0.29, 0.717) is 24.6 Å². The number of carbonyl (C=O) groups is 1. The number of carbonyl (C=O) groups excluding carboxylic acids is 1. The van der Waals surface area contributed by atoms with Crippen molar-refractivity contribution in [2.24, 2.45) is 5.92 Å². The number of ether oxygens (including phenoxy) is 1. The number of halogens is 1. The maximum atomic E-state index is 13.5. The minimum Gasteiger partial charge on any atom is -0.384 e. The average molecular weight is 694 g/mol. The standard InChI is InChI=1S/C26H29FN6O.C9H20O.2C2H6.CH3N/c1-4-11-28-26(34)24-17(3)23-22(32-24)15-30-33-25(23)31-20-9-6-10-21(16(2)12-20)29-14-18-7-5-8-19(27)13-18;1-4-7-10-8-6-9(3)5-2;3*1-2/h5-9,12-13,15,29,32H,4,10-11,14H2,1-3H3,(H,28,34)(H,31,33);9H,4-8H2,1-3H3;2*1-2H3;2H,1H2. The second-order valence-corrected chi connectivity index (χ2v) is 11.3. The van der Waals surface area contributed by atoms with Crippen LogP contribution in [0.3, 0.4) is 0 Å². The second kappa shape index (κ2) is 27.5. The van der Waals surface area contributed by atoms with E-state index in [1.54, 1.807) is 12.3 Å². The van der Waals surface area contributed by atoms with Crippen molar-refractivity contribution in [1.29, 1.82) is 5.41 Å². The lowest BCUT2D eigenvalue weighted by Crippen LogP contribution is -2.24. The molecule has 4 rings (SSSR count). The van der Waals surface area contributed by atoms with Crippen LogP contribution in [0.2, 0.25) is 0 Å². The van der Waals surface area contributed by atoms with Gasteiger partial charge in [-0.25, -0.2) is 4.39 Å². The van der Waals surface area contributed by atoms with Crippen molar-refractivity contribution in [3.05, 3.63) is 88.3 Å². The molecule has 0 radical (unpaired) electrons. The lowest BCUT2D eigenvalue weighted by molar-refractivity contribution is 0.0949. The number of nitrogens with zero attached hydrogens (tertiary/aromatic N) is 2. The van der Waals surface area contributed by atoms with Crippen LogP contribution < -0.4 is 16.0 Å². The third kappa shape index (κ3) is 15.9. The zero-order valence-electron chi connectivity index (χ0n) is 32.4. The average Bonchev–Trinajstić information content (AvgIpc) is 3.39. The van der Waals surface area contributed by atoms with Crippen LogP contribution in [0.1, 0.15) is 116 Å². The molecule has 50 heavy (non-hydrogen) atoms. The summed E-state index contributed by atoms with van der Waals surface area (Å²) < 4.78 is 18.8. The van der Waals surface area contributed by atoms with E-state index >= 15 is 0 Å². The van der Waals surface area contributed by atoms with Crippen LogP contribution in [0.5, 0.6) is 0 Å². The van der Waals surface area contributed by atoms with Crippen molar-refractivity contribution < 1.29 is 13.9 Å². The molecule has 10 heteroatoms. The van der Waals surface area contributed by atoms with E-state index in [0.717, 1.165) is 77.4 Å². The number of aromatic nitrogens is 3. The van der Waals surface area contributed by atoms with Crippen molar-refractivity contribution in [2.75, 3.05) is 25.1 Å². The summed E-state index contributed by atoms with van der Waals surface area (Å²) in [6.45, 7) is 26.1. The summed E-state index contributed by atoms with van der Waals surface area (Å²) in [5, 5.41) is 24.4. The maximum absolute atomic E-state index is 13.5. The van der Waals surface area contributed by atoms with Crippen molar-refractivity contribution in [1.82, 2.24) is 25.8 Å². The highest BCUT2D eigenvalue weighted by Crippen LogP contribution is 2.28. The van der Waals surface area contributed by atoms with E-state index in [1.165, 1.54) is 25.0 Å². The fourth-order valence-corrected chi connectivity index (χ4v) is 4.71. The first-order valence-corrected chi connectivity index (χ1v) is 18.2. The first-order chi connectivity index (χ1) is 24.3. The molecule has 0 bridgehead atoms. The lowest BCUT2D eigenvalue weighted by atomic mass is 10.1. The highest BCUT2D eigenvalue weighted by molar-refractivity contribution is 6.04. The number of allylic oxidation sites excluding steroid dienone is 4. The minimum atomic E-state index is -0.238. The van der Waals surface area contributed by atoms with E-state index in [1.807, 2.05) is 66.7 Å². The SMILES string of the molecule is C=N.CC.CC.CCCNC(=O)c1[nH]c2cnnc(NC3=CC(C)=C(NCc4cccc(F)c4)CC=C3)c2c1C.CCCOCCC(C)CC. The molecule has 2 heterocycles. The highest BCUT2D eigenvalue weighted by Gasteiger charge is 2.18. The van der Waals surface area contributed by atoms with Crippen molar-refractivity contribution in [3.8, 4) is 0 Å². The number of aromatic amines is 1. The molecule has 1 aliphatic carbocycles. The number of H-pyrrole nitrogens is 1. The lowest BCUT2D eigenvalue weighted by Gasteiger charge is -2.12. The van der Waals surface area contributed by atoms with Gasteiger partial charge in [-0.2, -0.15) is 5.10 Å². The van der Waals surface area contributed by atoms with E-state index in [2.05, 4.69) is 64.7 Å². The molecule has 1 unspecified atom stereocenters. The zero-order chi connectivity index (χ0) is 37.9. The van der Waals surface area contributed by atoms with Gasteiger partial charge in [0.25, 0.3) is 5.91 Å². The van der Waals surface area contributed by atoms with E-state index in [9.17, 15) is 9.18 Å². The van der Waals surface area contributed by atoms with Crippen LogP contribution in [0, 0.1) is 24.1 Å². The normalized spacial score (nSPS) is 12.3.